The molecule has 0 aliphatic rings. The maximum absolute atomic E-state index is 11.7. The monoisotopic (exact) mass is 415 g/mol. The van der Waals surface area contributed by atoms with Crippen molar-refractivity contribution in [1.82, 2.24) is 4.98 Å². The molecular weight excluding hydrogens is 394 g/mol. The second kappa shape index (κ2) is 8.12. The Labute approximate surface area is 186 Å². The number of nitrogens with zero attached hydrogens (tertiary/aromatic N) is 1. The normalized spacial score (nSPS) is 10.9. The number of aromatic nitrogens is 1. The highest BCUT2D eigenvalue weighted by atomic mass is 16.4. The molecule has 0 saturated heterocycles. The van der Waals surface area contributed by atoms with Gasteiger partial charge in [0.1, 0.15) is 0 Å². The zero-order chi connectivity index (χ0) is 22.1. The molecule has 0 atom stereocenters. The largest absolute Gasteiger partial charge is 0.478 e. The fourth-order valence-electron chi connectivity index (χ4n) is 4.05. The fraction of sp³-hybridized carbons (Fsp3) is 0.0345. The van der Waals surface area contributed by atoms with Crippen molar-refractivity contribution in [3.8, 4) is 33.5 Å². The molecule has 0 aliphatic carbocycles. The van der Waals surface area contributed by atoms with Crippen LogP contribution in [0.15, 0.2) is 103 Å². The first-order valence-electron chi connectivity index (χ1n) is 10.5. The van der Waals surface area contributed by atoms with Gasteiger partial charge < -0.3 is 5.11 Å². The third-order valence-corrected chi connectivity index (χ3v) is 5.67. The number of hydrogen-bond donors (Lipinski definition) is 1. The molecule has 0 radical (unpaired) electrons. The van der Waals surface area contributed by atoms with Crippen molar-refractivity contribution in [1.29, 1.82) is 0 Å². The third kappa shape index (κ3) is 3.77. The number of pyridine rings is 1. The van der Waals surface area contributed by atoms with Crippen LogP contribution >= 0.6 is 0 Å². The summed E-state index contributed by atoms with van der Waals surface area (Å²) >= 11 is 0. The lowest BCUT2D eigenvalue weighted by molar-refractivity contribution is 0.0697. The zero-order valence-electron chi connectivity index (χ0n) is 17.6. The van der Waals surface area contributed by atoms with Crippen LogP contribution in [0.5, 0.6) is 0 Å². The van der Waals surface area contributed by atoms with E-state index in [2.05, 4.69) is 61.5 Å². The quantitative estimate of drug-likeness (QED) is 0.336. The molecule has 3 heteroatoms. The predicted octanol–water partition coefficient (Wildman–Crippen LogP) is 7.24. The third-order valence-electron chi connectivity index (χ3n) is 5.67. The molecule has 1 aromatic heterocycles. The minimum atomic E-state index is -0.935. The van der Waals surface area contributed by atoms with Crippen LogP contribution < -0.4 is 0 Å². The van der Waals surface area contributed by atoms with E-state index in [1.54, 1.807) is 12.1 Å². The number of rotatable bonds is 4. The maximum atomic E-state index is 11.7. The molecule has 32 heavy (non-hydrogen) atoms. The number of fused-ring (bicyclic) bond motifs is 1. The summed E-state index contributed by atoms with van der Waals surface area (Å²) in [4.78, 5) is 16.6. The molecule has 0 spiro atoms. The lowest BCUT2D eigenvalue weighted by atomic mass is 9.97. The van der Waals surface area contributed by atoms with Crippen molar-refractivity contribution in [3.63, 3.8) is 0 Å². The highest BCUT2D eigenvalue weighted by molar-refractivity contribution is 5.97. The van der Waals surface area contributed by atoms with E-state index < -0.39 is 5.97 Å². The lowest BCUT2D eigenvalue weighted by Gasteiger charge is -2.09. The summed E-state index contributed by atoms with van der Waals surface area (Å²) in [6.45, 7) is 2.10. The van der Waals surface area contributed by atoms with Gasteiger partial charge in [0.15, 0.2) is 0 Å². The average Bonchev–Trinajstić information content (AvgIpc) is 2.83. The van der Waals surface area contributed by atoms with Crippen LogP contribution in [0.2, 0.25) is 0 Å². The Kier molecular flexibility index (Phi) is 5.00. The highest BCUT2D eigenvalue weighted by Crippen LogP contribution is 2.30. The van der Waals surface area contributed by atoms with Crippen molar-refractivity contribution < 1.29 is 9.90 Å². The molecular formula is C29H21NO2. The number of aromatic carboxylic acids is 1. The van der Waals surface area contributed by atoms with Crippen molar-refractivity contribution in [2.45, 2.75) is 6.92 Å². The lowest BCUT2D eigenvalue weighted by Crippen LogP contribution is -1.99. The molecule has 4 aromatic carbocycles. The Bertz CT molecular complexity index is 1470. The number of aryl methyl sites for hydroxylation is 1. The second-order valence-electron chi connectivity index (χ2n) is 7.90. The summed E-state index contributed by atoms with van der Waals surface area (Å²) in [5, 5.41) is 10.6. The molecule has 1 heterocycles. The Morgan fingerprint density at radius 1 is 0.688 bits per heavy atom. The van der Waals surface area contributed by atoms with Crippen LogP contribution in [0, 0.1) is 6.92 Å². The summed E-state index contributed by atoms with van der Waals surface area (Å²) < 4.78 is 0. The summed E-state index contributed by atoms with van der Waals surface area (Å²) in [7, 11) is 0. The van der Waals surface area contributed by atoms with Crippen molar-refractivity contribution in [2.24, 2.45) is 0 Å². The Morgan fingerprint density at radius 2 is 1.41 bits per heavy atom. The van der Waals surface area contributed by atoms with Gasteiger partial charge in [0.2, 0.25) is 0 Å². The van der Waals surface area contributed by atoms with Gasteiger partial charge in [0, 0.05) is 10.9 Å². The molecule has 5 rings (SSSR count). The Morgan fingerprint density at radius 3 is 2.22 bits per heavy atom. The number of benzene rings is 4. The predicted molar refractivity (Wildman–Crippen MR) is 130 cm³/mol. The van der Waals surface area contributed by atoms with Crippen LogP contribution in [-0.4, -0.2) is 16.1 Å². The van der Waals surface area contributed by atoms with Gasteiger partial charge in [-0.25, -0.2) is 9.78 Å². The van der Waals surface area contributed by atoms with Crippen molar-refractivity contribution >= 4 is 16.9 Å². The first-order chi connectivity index (χ1) is 15.6. The topological polar surface area (TPSA) is 50.2 Å². The maximum Gasteiger partial charge on any atom is 0.336 e. The summed E-state index contributed by atoms with van der Waals surface area (Å²) in [5.74, 6) is -0.935. The fourth-order valence-corrected chi connectivity index (χ4v) is 4.05. The molecule has 0 aliphatic heterocycles. The smallest absolute Gasteiger partial charge is 0.336 e. The molecule has 0 unspecified atom stereocenters. The number of hydrogen-bond acceptors (Lipinski definition) is 2. The SMILES string of the molecule is Cc1cccc(-c2cccc(-c3ccc4ccc(-c5ccccc5C(=O)O)cc4n3)c2)c1. The first kappa shape index (κ1) is 19.7. The van der Waals surface area contributed by atoms with E-state index in [0.29, 0.717) is 5.56 Å². The minimum absolute atomic E-state index is 0.286. The van der Waals surface area contributed by atoms with Gasteiger partial charge >= 0.3 is 5.97 Å². The van der Waals surface area contributed by atoms with Gasteiger partial charge in [-0.2, -0.15) is 0 Å². The van der Waals surface area contributed by atoms with Gasteiger partial charge in [0.25, 0.3) is 0 Å². The van der Waals surface area contributed by atoms with Gasteiger partial charge in [-0.1, -0.05) is 84.4 Å². The molecule has 1 N–H and O–H groups in total. The van der Waals surface area contributed by atoms with E-state index in [9.17, 15) is 9.90 Å². The molecule has 0 amide bonds. The van der Waals surface area contributed by atoms with Crippen LogP contribution in [0.4, 0.5) is 0 Å². The zero-order valence-corrected chi connectivity index (χ0v) is 17.6. The van der Waals surface area contributed by atoms with Crippen molar-refractivity contribution in [2.75, 3.05) is 0 Å². The molecule has 0 fully saturated rings. The van der Waals surface area contributed by atoms with E-state index >= 15 is 0 Å². The summed E-state index contributed by atoms with van der Waals surface area (Å²) in [6, 6.07) is 33.9. The van der Waals surface area contributed by atoms with Gasteiger partial charge in [-0.3, -0.25) is 0 Å². The first-order valence-corrected chi connectivity index (χ1v) is 10.5. The summed E-state index contributed by atoms with van der Waals surface area (Å²) in [5.41, 5.74) is 8.14. The minimum Gasteiger partial charge on any atom is -0.478 e. The average molecular weight is 415 g/mol. The van der Waals surface area contributed by atoms with Crippen LogP contribution in [0.25, 0.3) is 44.4 Å². The number of carboxylic acid groups (broad SMARTS) is 1. The molecule has 3 nitrogen and oxygen atoms in total. The number of carbonyl (C=O) groups is 1. The van der Waals surface area contributed by atoms with Gasteiger partial charge in [-0.05, 0) is 53.4 Å². The van der Waals surface area contributed by atoms with Gasteiger partial charge in [-0.15, -0.1) is 0 Å². The standard InChI is InChI=1S/C29H21NO2/c1-19-6-4-7-21(16-19)22-8-5-9-24(17-22)27-15-14-20-12-13-23(18-28(20)30-27)25-10-2-3-11-26(25)29(31)32/h2-18H,1H3,(H,31,32). The van der Waals surface area contributed by atoms with Crippen LogP contribution in [-0.2, 0) is 0 Å². The van der Waals surface area contributed by atoms with Gasteiger partial charge in [0.05, 0.1) is 16.8 Å². The molecule has 154 valence electrons. The van der Waals surface area contributed by atoms with Crippen LogP contribution in [0.1, 0.15) is 15.9 Å². The Hall–Kier alpha value is -4.24. The van der Waals surface area contributed by atoms with E-state index in [4.69, 9.17) is 4.98 Å². The van der Waals surface area contributed by atoms with E-state index in [0.717, 1.165) is 33.3 Å². The van der Waals surface area contributed by atoms with E-state index in [1.165, 1.54) is 11.1 Å². The highest BCUT2D eigenvalue weighted by Gasteiger charge is 2.12. The molecule has 0 bridgehead atoms. The van der Waals surface area contributed by atoms with Crippen LogP contribution in [0.3, 0.4) is 0 Å². The Balaban J connectivity index is 1.58. The van der Waals surface area contributed by atoms with E-state index in [-0.39, 0.29) is 5.56 Å². The van der Waals surface area contributed by atoms with Crippen molar-refractivity contribution in [3.05, 3.63) is 114 Å². The molecule has 0 saturated carbocycles. The summed E-state index contributed by atoms with van der Waals surface area (Å²) in [6.07, 6.45) is 0. The van der Waals surface area contributed by atoms with E-state index in [1.807, 2.05) is 36.4 Å². The second-order valence-corrected chi connectivity index (χ2v) is 7.90. The number of carboxylic acids is 1. The molecule has 5 aromatic rings.